The van der Waals surface area contributed by atoms with E-state index < -0.39 is 10.8 Å². The fourth-order valence-electron chi connectivity index (χ4n) is 2.68. The summed E-state index contributed by atoms with van der Waals surface area (Å²) in [6, 6.07) is 7.03. The molecule has 0 unspecified atom stereocenters. The molecule has 1 aromatic rings. The van der Waals surface area contributed by atoms with E-state index in [9.17, 15) is 9.00 Å². The average molecular weight is 338 g/mol. The third kappa shape index (κ3) is 5.62. The largest absolute Gasteiger partial charge is 0.376 e. The molecule has 5 nitrogen and oxygen atoms in total. The molecule has 2 amide bonds. The van der Waals surface area contributed by atoms with Crippen LogP contribution in [0.1, 0.15) is 32.6 Å². The molecule has 1 N–H and O–H groups in total. The monoisotopic (exact) mass is 338 g/mol. The fraction of sp³-hybridized carbons (Fsp3) is 0.588. The van der Waals surface area contributed by atoms with Gasteiger partial charge < -0.3 is 15.0 Å². The molecular formula is C17H26N2O3S. The van der Waals surface area contributed by atoms with Crippen molar-refractivity contribution in [2.75, 3.05) is 31.3 Å². The molecule has 1 aromatic carbocycles. The van der Waals surface area contributed by atoms with Gasteiger partial charge in [0.1, 0.15) is 0 Å². The summed E-state index contributed by atoms with van der Waals surface area (Å²) in [5.74, 6) is 0. The van der Waals surface area contributed by atoms with Gasteiger partial charge in [0.2, 0.25) is 0 Å². The highest BCUT2D eigenvalue weighted by atomic mass is 32.2. The minimum Gasteiger partial charge on any atom is -0.376 e. The topological polar surface area (TPSA) is 58.6 Å². The maximum absolute atomic E-state index is 12.5. The van der Waals surface area contributed by atoms with Gasteiger partial charge in [0.05, 0.1) is 6.10 Å². The molecule has 1 aliphatic heterocycles. The van der Waals surface area contributed by atoms with E-state index in [1.165, 1.54) is 6.42 Å². The van der Waals surface area contributed by atoms with Gasteiger partial charge in [0, 0.05) is 47.3 Å². The van der Waals surface area contributed by atoms with Crippen LogP contribution >= 0.6 is 0 Å². The van der Waals surface area contributed by atoms with Crippen molar-refractivity contribution in [2.45, 2.75) is 43.6 Å². The average Bonchev–Trinajstić information content (AvgIpc) is 2.56. The summed E-state index contributed by atoms with van der Waals surface area (Å²) in [7, 11) is -1.01. The summed E-state index contributed by atoms with van der Waals surface area (Å²) in [5.41, 5.74) is 0.717. The number of carbonyl (C=O) groups is 1. The Balaban J connectivity index is 1.95. The van der Waals surface area contributed by atoms with Gasteiger partial charge in [0.25, 0.3) is 0 Å². The minimum absolute atomic E-state index is 0.105. The van der Waals surface area contributed by atoms with E-state index in [0.29, 0.717) is 13.1 Å². The van der Waals surface area contributed by atoms with Crippen LogP contribution in [0, 0.1) is 0 Å². The first-order valence-electron chi connectivity index (χ1n) is 8.21. The summed E-state index contributed by atoms with van der Waals surface area (Å²) in [6.07, 6.45) is 5.99. The summed E-state index contributed by atoms with van der Waals surface area (Å²) in [6.45, 7) is 4.20. The molecule has 0 spiro atoms. The zero-order valence-electron chi connectivity index (χ0n) is 13.9. The second kappa shape index (κ2) is 9.03. The molecule has 1 saturated heterocycles. The minimum atomic E-state index is -1.01. The quantitative estimate of drug-likeness (QED) is 0.866. The van der Waals surface area contributed by atoms with Crippen LogP contribution in [0.25, 0.3) is 0 Å². The number of urea groups is 1. The molecular weight excluding hydrogens is 312 g/mol. The first-order valence-corrected chi connectivity index (χ1v) is 9.77. The van der Waals surface area contributed by atoms with E-state index >= 15 is 0 Å². The molecule has 0 radical (unpaired) electrons. The lowest BCUT2D eigenvalue weighted by atomic mass is 10.1. The molecule has 6 heteroatoms. The Labute approximate surface area is 140 Å². The van der Waals surface area contributed by atoms with E-state index in [0.717, 1.165) is 36.5 Å². The number of amides is 2. The van der Waals surface area contributed by atoms with Crippen molar-refractivity contribution >= 4 is 22.5 Å². The molecule has 1 fully saturated rings. The van der Waals surface area contributed by atoms with E-state index in [1.807, 2.05) is 4.90 Å². The van der Waals surface area contributed by atoms with Crippen molar-refractivity contribution in [1.29, 1.82) is 0 Å². The molecule has 23 heavy (non-hydrogen) atoms. The fourth-order valence-corrected chi connectivity index (χ4v) is 3.19. The summed E-state index contributed by atoms with van der Waals surface area (Å²) in [4.78, 5) is 15.1. The third-order valence-electron chi connectivity index (χ3n) is 3.92. The second-order valence-corrected chi connectivity index (χ2v) is 7.22. The highest BCUT2D eigenvalue weighted by Gasteiger charge is 2.21. The Morgan fingerprint density at radius 1 is 1.35 bits per heavy atom. The molecule has 0 saturated carbocycles. The number of rotatable bonds is 6. The van der Waals surface area contributed by atoms with Crippen LogP contribution in [0.3, 0.4) is 0 Å². The number of nitrogens with zero attached hydrogens (tertiary/aromatic N) is 1. The molecule has 1 aliphatic rings. The third-order valence-corrected chi connectivity index (χ3v) is 4.85. The second-order valence-electron chi connectivity index (χ2n) is 5.84. The maximum Gasteiger partial charge on any atom is 0.321 e. The Bertz CT molecular complexity index is 527. The van der Waals surface area contributed by atoms with Crippen molar-refractivity contribution < 1.29 is 13.7 Å². The molecule has 2 atom stereocenters. The number of benzene rings is 1. The highest BCUT2D eigenvalue weighted by molar-refractivity contribution is 7.84. The van der Waals surface area contributed by atoms with Crippen molar-refractivity contribution in [2.24, 2.45) is 0 Å². The number of hydrogen-bond acceptors (Lipinski definition) is 3. The number of nitrogens with one attached hydrogen (secondary N) is 1. The SMILES string of the molecule is CCCN(C[C@@H]1CCCCO1)C(=O)Nc1ccc([S@](C)=O)cc1. The van der Waals surface area contributed by atoms with Crippen LogP contribution in [0.5, 0.6) is 0 Å². The Kier molecular flexibility index (Phi) is 7.05. The van der Waals surface area contributed by atoms with Gasteiger partial charge in [-0.25, -0.2) is 4.79 Å². The van der Waals surface area contributed by atoms with Gasteiger partial charge in [-0.1, -0.05) is 6.92 Å². The molecule has 128 valence electrons. The molecule has 0 bridgehead atoms. The van der Waals surface area contributed by atoms with Gasteiger partial charge in [-0.3, -0.25) is 4.21 Å². The lowest BCUT2D eigenvalue weighted by molar-refractivity contribution is 0.00162. The van der Waals surface area contributed by atoms with Crippen LogP contribution in [-0.4, -0.2) is 47.2 Å². The van der Waals surface area contributed by atoms with Crippen LogP contribution < -0.4 is 5.32 Å². The predicted octanol–water partition coefficient (Wildman–Crippen LogP) is 3.24. The Morgan fingerprint density at radius 2 is 2.09 bits per heavy atom. The summed E-state index contributed by atoms with van der Waals surface area (Å²) >= 11 is 0. The molecule has 1 heterocycles. The van der Waals surface area contributed by atoms with E-state index in [-0.39, 0.29) is 12.1 Å². The molecule has 0 aliphatic carbocycles. The van der Waals surface area contributed by atoms with Crippen LogP contribution in [-0.2, 0) is 15.5 Å². The lowest BCUT2D eigenvalue weighted by Crippen LogP contribution is -2.42. The van der Waals surface area contributed by atoms with E-state index in [2.05, 4.69) is 12.2 Å². The van der Waals surface area contributed by atoms with Crippen molar-refractivity contribution in [3.63, 3.8) is 0 Å². The smallest absolute Gasteiger partial charge is 0.321 e. The Hall–Kier alpha value is -1.40. The highest BCUT2D eigenvalue weighted by Crippen LogP contribution is 2.16. The normalized spacial score (nSPS) is 19.1. The predicted molar refractivity (Wildman–Crippen MR) is 93.2 cm³/mol. The molecule has 2 rings (SSSR count). The van der Waals surface area contributed by atoms with Gasteiger partial charge in [-0.05, 0) is 49.9 Å². The van der Waals surface area contributed by atoms with Crippen LogP contribution in [0.15, 0.2) is 29.2 Å². The van der Waals surface area contributed by atoms with Gasteiger partial charge in [-0.2, -0.15) is 0 Å². The van der Waals surface area contributed by atoms with Crippen molar-refractivity contribution in [3.05, 3.63) is 24.3 Å². The lowest BCUT2D eigenvalue weighted by Gasteiger charge is -2.30. The van der Waals surface area contributed by atoms with Gasteiger partial charge in [-0.15, -0.1) is 0 Å². The Morgan fingerprint density at radius 3 is 2.65 bits per heavy atom. The van der Waals surface area contributed by atoms with Gasteiger partial charge >= 0.3 is 6.03 Å². The van der Waals surface area contributed by atoms with Crippen molar-refractivity contribution in [1.82, 2.24) is 4.90 Å². The number of anilines is 1. The molecule has 0 aromatic heterocycles. The van der Waals surface area contributed by atoms with Crippen molar-refractivity contribution in [3.8, 4) is 0 Å². The first-order chi connectivity index (χ1) is 11.1. The zero-order chi connectivity index (χ0) is 16.7. The van der Waals surface area contributed by atoms with E-state index in [1.54, 1.807) is 30.5 Å². The van der Waals surface area contributed by atoms with Crippen LogP contribution in [0.2, 0.25) is 0 Å². The maximum atomic E-state index is 12.5. The summed E-state index contributed by atoms with van der Waals surface area (Å²) in [5, 5.41) is 2.92. The van der Waals surface area contributed by atoms with Gasteiger partial charge in [0.15, 0.2) is 0 Å². The zero-order valence-corrected chi connectivity index (χ0v) is 14.7. The first kappa shape index (κ1) is 17.9. The number of carbonyl (C=O) groups excluding carboxylic acids is 1. The summed E-state index contributed by atoms with van der Waals surface area (Å²) < 4.78 is 17.1. The van der Waals surface area contributed by atoms with Crippen LogP contribution in [0.4, 0.5) is 10.5 Å². The standard InChI is InChI=1S/C17H26N2O3S/c1-3-11-19(13-15-6-4-5-12-22-15)17(20)18-14-7-9-16(10-8-14)23(2)21/h7-10,15H,3-6,11-13H2,1-2H3,(H,18,20)/t15-,23-/m0/s1. The number of ether oxygens (including phenoxy) is 1. The number of hydrogen-bond donors (Lipinski definition) is 1. The van der Waals surface area contributed by atoms with E-state index in [4.69, 9.17) is 4.74 Å².